The van der Waals surface area contributed by atoms with Crippen LogP contribution >= 0.6 is 0 Å². The molecule has 18 heavy (non-hydrogen) atoms. The molecule has 0 amide bonds. The van der Waals surface area contributed by atoms with Crippen LogP contribution in [0, 0.1) is 0 Å². The van der Waals surface area contributed by atoms with Gasteiger partial charge in [0.1, 0.15) is 12.4 Å². The van der Waals surface area contributed by atoms with Gasteiger partial charge in [-0.3, -0.25) is 4.90 Å². The highest BCUT2D eigenvalue weighted by molar-refractivity contribution is 5.62. The van der Waals surface area contributed by atoms with Gasteiger partial charge in [-0.25, -0.2) is 0 Å². The van der Waals surface area contributed by atoms with Crippen molar-refractivity contribution in [3.63, 3.8) is 0 Å². The highest BCUT2D eigenvalue weighted by Gasteiger charge is 2.19. The summed E-state index contributed by atoms with van der Waals surface area (Å²) >= 11 is 0. The van der Waals surface area contributed by atoms with Crippen molar-refractivity contribution >= 4 is 5.69 Å². The molecular formula is C14H21N3O. The summed E-state index contributed by atoms with van der Waals surface area (Å²) < 4.78 is 5.88. The second kappa shape index (κ2) is 5.16. The summed E-state index contributed by atoms with van der Waals surface area (Å²) in [5, 5.41) is 3.39. The van der Waals surface area contributed by atoms with Gasteiger partial charge in [0.15, 0.2) is 0 Å². The molecule has 1 saturated heterocycles. The van der Waals surface area contributed by atoms with Crippen LogP contribution in [0.3, 0.4) is 0 Å². The van der Waals surface area contributed by atoms with Gasteiger partial charge >= 0.3 is 0 Å². The first-order chi connectivity index (χ1) is 8.84. The molecule has 2 aliphatic rings. The highest BCUT2D eigenvalue weighted by atomic mass is 16.5. The van der Waals surface area contributed by atoms with Gasteiger partial charge < -0.3 is 15.0 Å². The average molecular weight is 247 g/mol. The highest BCUT2D eigenvalue weighted by Crippen LogP contribution is 2.34. The van der Waals surface area contributed by atoms with Crippen LogP contribution in [0.25, 0.3) is 0 Å². The number of hydrogen-bond donors (Lipinski definition) is 1. The van der Waals surface area contributed by atoms with Gasteiger partial charge in [-0.15, -0.1) is 0 Å². The zero-order valence-electron chi connectivity index (χ0n) is 11.0. The molecule has 1 fully saturated rings. The number of benzene rings is 1. The van der Waals surface area contributed by atoms with Crippen molar-refractivity contribution in [1.82, 2.24) is 10.2 Å². The Morgan fingerprint density at radius 2 is 2.06 bits per heavy atom. The first-order valence-corrected chi connectivity index (χ1v) is 6.73. The lowest BCUT2D eigenvalue weighted by Gasteiger charge is -2.32. The lowest BCUT2D eigenvalue weighted by molar-refractivity contribution is 0.226. The van der Waals surface area contributed by atoms with E-state index in [4.69, 9.17) is 4.74 Å². The van der Waals surface area contributed by atoms with E-state index in [0.29, 0.717) is 0 Å². The minimum atomic E-state index is 0.794. The number of fused-ring (bicyclic) bond motifs is 1. The van der Waals surface area contributed by atoms with Gasteiger partial charge in [0.2, 0.25) is 0 Å². The minimum absolute atomic E-state index is 0.794. The Morgan fingerprint density at radius 3 is 2.89 bits per heavy atom. The normalized spacial score (nSPS) is 20.4. The molecule has 4 nitrogen and oxygen atoms in total. The Balaban J connectivity index is 1.81. The maximum absolute atomic E-state index is 5.88. The summed E-state index contributed by atoms with van der Waals surface area (Å²) in [6.07, 6.45) is 0. The summed E-state index contributed by atoms with van der Waals surface area (Å²) in [5.41, 5.74) is 2.55. The zero-order chi connectivity index (χ0) is 12.4. The fourth-order valence-electron chi connectivity index (χ4n) is 2.68. The maximum Gasteiger partial charge on any atom is 0.147 e. The van der Waals surface area contributed by atoms with Crippen LogP contribution in [-0.4, -0.2) is 51.3 Å². The third-order valence-electron chi connectivity index (χ3n) is 3.76. The van der Waals surface area contributed by atoms with Crippen LogP contribution in [0.15, 0.2) is 18.2 Å². The van der Waals surface area contributed by atoms with E-state index in [2.05, 4.69) is 40.4 Å². The molecule has 0 atom stereocenters. The Morgan fingerprint density at radius 1 is 1.22 bits per heavy atom. The lowest BCUT2D eigenvalue weighted by atomic mass is 10.1. The number of nitrogens with one attached hydrogen (secondary N) is 1. The summed E-state index contributed by atoms with van der Waals surface area (Å²) in [6, 6.07) is 6.48. The first-order valence-electron chi connectivity index (χ1n) is 6.73. The molecule has 0 radical (unpaired) electrons. The van der Waals surface area contributed by atoms with Crippen molar-refractivity contribution in [3.8, 4) is 5.75 Å². The van der Waals surface area contributed by atoms with E-state index in [-0.39, 0.29) is 0 Å². The molecule has 0 spiro atoms. The number of anilines is 1. The molecule has 2 aliphatic heterocycles. The van der Waals surface area contributed by atoms with Gasteiger partial charge in [-0.05, 0) is 6.07 Å². The standard InChI is InChI=1S/C14H21N3O/c1-16-9-10-18-14-12(3-2-4-13(14)16)11-17-7-5-15-6-8-17/h2-4,15H,5-11H2,1H3. The third kappa shape index (κ3) is 2.31. The topological polar surface area (TPSA) is 27.7 Å². The Hall–Kier alpha value is -1.26. The molecule has 98 valence electrons. The van der Waals surface area contributed by atoms with Crippen molar-refractivity contribution in [2.24, 2.45) is 0 Å². The molecule has 0 saturated carbocycles. The van der Waals surface area contributed by atoms with Gasteiger partial charge in [0.25, 0.3) is 0 Å². The van der Waals surface area contributed by atoms with E-state index in [9.17, 15) is 0 Å². The number of nitrogens with zero attached hydrogens (tertiary/aromatic N) is 2. The van der Waals surface area contributed by atoms with Crippen molar-refractivity contribution in [3.05, 3.63) is 23.8 Å². The number of ether oxygens (including phenoxy) is 1. The quantitative estimate of drug-likeness (QED) is 0.841. The molecular weight excluding hydrogens is 226 g/mol. The van der Waals surface area contributed by atoms with Gasteiger partial charge in [0.05, 0.1) is 12.2 Å². The van der Waals surface area contributed by atoms with Gasteiger partial charge in [0, 0.05) is 45.3 Å². The molecule has 4 heteroatoms. The summed E-state index contributed by atoms with van der Waals surface area (Å²) in [4.78, 5) is 4.77. The van der Waals surface area contributed by atoms with Crippen molar-refractivity contribution < 1.29 is 4.74 Å². The molecule has 3 rings (SSSR count). The van der Waals surface area contributed by atoms with E-state index in [0.717, 1.165) is 51.6 Å². The Bertz CT molecular complexity index is 416. The second-order valence-electron chi connectivity index (χ2n) is 5.06. The van der Waals surface area contributed by atoms with Crippen LogP contribution < -0.4 is 15.0 Å². The predicted molar refractivity (Wildman–Crippen MR) is 73.4 cm³/mol. The van der Waals surface area contributed by atoms with Crippen molar-refractivity contribution in [1.29, 1.82) is 0 Å². The SMILES string of the molecule is CN1CCOc2c(CN3CCNCC3)cccc21. The van der Waals surface area contributed by atoms with Crippen molar-refractivity contribution in [2.45, 2.75) is 6.54 Å². The molecule has 2 heterocycles. The average Bonchev–Trinajstić information content (AvgIpc) is 2.41. The molecule has 0 aromatic heterocycles. The Labute approximate surface area is 109 Å². The molecule has 1 aromatic carbocycles. The first kappa shape index (κ1) is 11.8. The fourth-order valence-corrected chi connectivity index (χ4v) is 2.68. The predicted octanol–water partition coefficient (Wildman–Crippen LogP) is 0.920. The van der Waals surface area contributed by atoms with Crippen molar-refractivity contribution in [2.75, 3.05) is 51.3 Å². The monoisotopic (exact) mass is 247 g/mol. The molecule has 0 aliphatic carbocycles. The number of piperazine rings is 1. The molecule has 1 N–H and O–H groups in total. The van der Waals surface area contributed by atoms with E-state index in [1.807, 2.05) is 0 Å². The van der Waals surface area contributed by atoms with Crippen LogP contribution in [0.4, 0.5) is 5.69 Å². The van der Waals surface area contributed by atoms with Crippen LogP contribution in [0.5, 0.6) is 5.75 Å². The number of rotatable bonds is 2. The molecule has 0 bridgehead atoms. The van der Waals surface area contributed by atoms with E-state index in [1.165, 1.54) is 11.3 Å². The third-order valence-corrected chi connectivity index (χ3v) is 3.76. The summed E-state index contributed by atoms with van der Waals surface area (Å²) in [5.74, 6) is 1.09. The minimum Gasteiger partial charge on any atom is -0.489 e. The second-order valence-corrected chi connectivity index (χ2v) is 5.06. The molecule has 0 unspecified atom stereocenters. The maximum atomic E-state index is 5.88. The van der Waals surface area contributed by atoms with Crippen LogP contribution in [0.2, 0.25) is 0 Å². The number of likely N-dealkylation sites (N-methyl/N-ethyl adjacent to an activating group) is 1. The fraction of sp³-hybridized carbons (Fsp3) is 0.571. The Kier molecular flexibility index (Phi) is 3.39. The molecule has 1 aromatic rings. The number of para-hydroxylation sites is 1. The zero-order valence-corrected chi connectivity index (χ0v) is 11.0. The summed E-state index contributed by atoms with van der Waals surface area (Å²) in [6.45, 7) is 7.20. The van der Waals surface area contributed by atoms with Crippen LogP contribution in [-0.2, 0) is 6.54 Å². The van der Waals surface area contributed by atoms with E-state index >= 15 is 0 Å². The smallest absolute Gasteiger partial charge is 0.147 e. The number of hydrogen-bond acceptors (Lipinski definition) is 4. The van der Waals surface area contributed by atoms with Crippen LogP contribution in [0.1, 0.15) is 5.56 Å². The van der Waals surface area contributed by atoms with Gasteiger partial charge in [-0.2, -0.15) is 0 Å². The van der Waals surface area contributed by atoms with E-state index < -0.39 is 0 Å². The lowest BCUT2D eigenvalue weighted by Crippen LogP contribution is -2.43. The largest absolute Gasteiger partial charge is 0.489 e. The summed E-state index contributed by atoms with van der Waals surface area (Å²) in [7, 11) is 2.13. The van der Waals surface area contributed by atoms with Gasteiger partial charge in [-0.1, -0.05) is 12.1 Å². The van der Waals surface area contributed by atoms with E-state index in [1.54, 1.807) is 0 Å².